The van der Waals surface area contributed by atoms with Gasteiger partial charge in [-0.15, -0.1) is 0 Å². The molecular weight excluding hydrogens is 434 g/mol. The summed E-state index contributed by atoms with van der Waals surface area (Å²) in [5, 5.41) is 10.9. The minimum absolute atomic E-state index is 0.104. The number of aliphatic hydroxyl groups is 1. The zero-order valence-corrected chi connectivity index (χ0v) is 18.1. The van der Waals surface area contributed by atoms with E-state index in [1.54, 1.807) is 24.3 Å². The summed E-state index contributed by atoms with van der Waals surface area (Å²) < 4.78 is 6.43. The van der Waals surface area contributed by atoms with Gasteiger partial charge in [-0.3, -0.25) is 9.59 Å². The average Bonchev–Trinajstić information content (AvgIpc) is 2.96. The molecule has 0 saturated carbocycles. The maximum absolute atomic E-state index is 12.9. The van der Waals surface area contributed by atoms with Gasteiger partial charge in [-0.25, -0.2) is 0 Å². The molecule has 1 fully saturated rings. The number of ether oxygens (including phenoxy) is 1. The number of carbonyl (C=O) groups excluding carboxylic acids is 2. The van der Waals surface area contributed by atoms with Crippen molar-refractivity contribution in [2.45, 2.75) is 32.4 Å². The Kier molecular flexibility index (Phi) is 6.87. The number of aliphatic hydroxyl groups excluding tert-OH is 1. The molecule has 5 nitrogen and oxygen atoms in total. The molecule has 1 N–H and O–H groups in total. The van der Waals surface area contributed by atoms with Gasteiger partial charge in [0, 0.05) is 23.2 Å². The number of nitrogens with zero attached hydrogens (tertiary/aromatic N) is 1. The molecule has 6 heteroatoms. The molecule has 2 aromatic rings. The van der Waals surface area contributed by atoms with Crippen LogP contribution < -0.4 is 0 Å². The summed E-state index contributed by atoms with van der Waals surface area (Å²) >= 11 is 3.36. The van der Waals surface area contributed by atoms with E-state index in [2.05, 4.69) is 15.9 Å². The van der Waals surface area contributed by atoms with Crippen molar-refractivity contribution < 1.29 is 19.4 Å². The van der Waals surface area contributed by atoms with Gasteiger partial charge in [0.25, 0.3) is 11.7 Å². The van der Waals surface area contributed by atoms with Crippen LogP contribution in [0.1, 0.15) is 37.4 Å². The Balaban J connectivity index is 1.99. The van der Waals surface area contributed by atoms with Crippen molar-refractivity contribution in [2.75, 3.05) is 13.2 Å². The monoisotopic (exact) mass is 457 g/mol. The highest BCUT2D eigenvalue weighted by Crippen LogP contribution is 2.39. The topological polar surface area (TPSA) is 66.8 Å². The number of carbonyl (C=O) groups is 2. The molecule has 1 amide bonds. The largest absolute Gasteiger partial charge is 0.507 e. The molecule has 3 rings (SSSR count). The average molecular weight is 458 g/mol. The summed E-state index contributed by atoms with van der Waals surface area (Å²) in [6, 6.07) is 15.7. The number of ketones is 1. The molecule has 152 valence electrons. The van der Waals surface area contributed by atoms with Gasteiger partial charge < -0.3 is 14.7 Å². The van der Waals surface area contributed by atoms with E-state index in [0.29, 0.717) is 25.1 Å². The van der Waals surface area contributed by atoms with Gasteiger partial charge in [-0.05, 0) is 38.0 Å². The normalized spacial score (nSPS) is 18.6. The third kappa shape index (κ3) is 4.77. The molecular formula is C23H24BrNO4. The Labute approximate surface area is 179 Å². The lowest BCUT2D eigenvalue weighted by molar-refractivity contribution is -0.140. The van der Waals surface area contributed by atoms with Gasteiger partial charge in [-0.1, -0.05) is 58.4 Å². The summed E-state index contributed by atoms with van der Waals surface area (Å²) in [5.41, 5.74) is 1.40. The van der Waals surface area contributed by atoms with Crippen LogP contribution in [0.25, 0.3) is 5.76 Å². The van der Waals surface area contributed by atoms with E-state index < -0.39 is 17.7 Å². The fourth-order valence-electron chi connectivity index (χ4n) is 3.41. The molecule has 29 heavy (non-hydrogen) atoms. The smallest absolute Gasteiger partial charge is 0.295 e. The first-order valence-corrected chi connectivity index (χ1v) is 10.4. The van der Waals surface area contributed by atoms with Crippen LogP contribution in [0.3, 0.4) is 0 Å². The number of Topliss-reactive ketones (excluding diaryl/α,β-unsaturated/α-hetero) is 1. The van der Waals surface area contributed by atoms with Crippen LogP contribution in [0.15, 0.2) is 64.6 Å². The predicted molar refractivity (Wildman–Crippen MR) is 115 cm³/mol. The zero-order valence-electron chi connectivity index (χ0n) is 16.5. The van der Waals surface area contributed by atoms with Crippen molar-refractivity contribution in [1.29, 1.82) is 0 Å². The first-order valence-electron chi connectivity index (χ1n) is 9.61. The summed E-state index contributed by atoms with van der Waals surface area (Å²) in [6.45, 7) is 4.77. The second kappa shape index (κ2) is 9.37. The Hall–Kier alpha value is -2.44. The molecule has 1 heterocycles. The Morgan fingerprint density at radius 2 is 1.76 bits per heavy atom. The van der Waals surface area contributed by atoms with E-state index in [9.17, 15) is 14.7 Å². The lowest BCUT2D eigenvalue weighted by Crippen LogP contribution is -2.31. The van der Waals surface area contributed by atoms with Gasteiger partial charge in [0.05, 0.1) is 17.7 Å². The van der Waals surface area contributed by atoms with Crippen LogP contribution in [-0.2, 0) is 14.3 Å². The van der Waals surface area contributed by atoms with Crippen LogP contribution in [0.5, 0.6) is 0 Å². The van der Waals surface area contributed by atoms with Crippen molar-refractivity contribution in [2.24, 2.45) is 0 Å². The molecule has 0 radical (unpaired) electrons. The molecule has 1 atom stereocenters. The van der Waals surface area contributed by atoms with E-state index in [1.165, 1.54) is 4.90 Å². The lowest BCUT2D eigenvalue weighted by atomic mass is 9.95. The minimum atomic E-state index is -0.663. The quantitative estimate of drug-likeness (QED) is 0.283. The van der Waals surface area contributed by atoms with Gasteiger partial charge in [0.2, 0.25) is 0 Å². The summed E-state index contributed by atoms with van der Waals surface area (Å²) in [6.07, 6.45) is 0.708. The second-order valence-corrected chi connectivity index (χ2v) is 8.10. The van der Waals surface area contributed by atoms with Crippen molar-refractivity contribution in [1.82, 2.24) is 4.90 Å². The van der Waals surface area contributed by atoms with Crippen LogP contribution in [0.4, 0.5) is 0 Å². The fraction of sp³-hybridized carbons (Fsp3) is 0.304. The highest BCUT2D eigenvalue weighted by Gasteiger charge is 2.45. The van der Waals surface area contributed by atoms with Gasteiger partial charge in [-0.2, -0.15) is 0 Å². The number of hydrogen-bond donors (Lipinski definition) is 1. The van der Waals surface area contributed by atoms with Crippen molar-refractivity contribution in [3.8, 4) is 0 Å². The summed E-state index contributed by atoms with van der Waals surface area (Å²) in [5.74, 6) is -1.42. The molecule has 0 bridgehead atoms. The molecule has 1 aliphatic rings. The number of halogens is 1. The number of benzene rings is 2. The number of amides is 1. The highest BCUT2D eigenvalue weighted by molar-refractivity contribution is 9.10. The molecule has 0 spiro atoms. The second-order valence-electron chi connectivity index (χ2n) is 7.18. The summed E-state index contributed by atoms with van der Waals surface area (Å²) in [4.78, 5) is 27.2. The number of rotatable bonds is 7. The fourth-order valence-corrected chi connectivity index (χ4v) is 3.67. The molecule has 0 aromatic heterocycles. The Bertz CT molecular complexity index is 906. The SMILES string of the molecule is CC(C)OCCCN1C(=O)C(=O)C(=C(O)c2ccc(Br)cc2)[C@@H]1c1ccccc1. The third-order valence-corrected chi connectivity index (χ3v) is 5.30. The lowest BCUT2D eigenvalue weighted by Gasteiger charge is -2.25. The predicted octanol–water partition coefficient (Wildman–Crippen LogP) is 4.69. The first-order chi connectivity index (χ1) is 13.9. The minimum Gasteiger partial charge on any atom is -0.507 e. The van der Waals surface area contributed by atoms with Crippen molar-refractivity contribution >= 4 is 33.4 Å². The maximum Gasteiger partial charge on any atom is 0.295 e. The number of hydrogen-bond acceptors (Lipinski definition) is 4. The zero-order chi connectivity index (χ0) is 21.0. The van der Waals surface area contributed by atoms with Gasteiger partial charge >= 0.3 is 0 Å². The molecule has 1 saturated heterocycles. The van der Waals surface area contributed by atoms with E-state index >= 15 is 0 Å². The molecule has 2 aromatic carbocycles. The highest BCUT2D eigenvalue weighted by atomic mass is 79.9. The molecule has 1 aliphatic heterocycles. The number of likely N-dealkylation sites (tertiary alicyclic amines) is 1. The van der Waals surface area contributed by atoms with E-state index in [-0.39, 0.29) is 17.4 Å². The van der Waals surface area contributed by atoms with E-state index in [1.807, 2.05) is 44.2 Å². The van der Waals surface area contributed by atoms with Crippen molar-refractivity contribution in [3.05, 3.63) is 75.8 Å². The van der Waals surface area contributed by atoms with Crippen LogP contribution >= 0.6 is 15.9 Å². The molecule has 0 unspecified atom stereocenters. The first kappa shape index (κ1) is 21.3. The van der Waals surface area contributed by atoms with Crippen LogP contribution in [-0.4, -0.2) is 41.0 Å². The maximum atomic E-state index is 12.9. The van der Waals surface area contributed by atoms with Crippen LogP contribution in [0, 0.1) is 0 Å². The van der Waals surface area contributed by atoms with Crippen molar-refractivity contribution in [3.63, 3.8) is 0 Å². The third-order valence-electron chi connectivity index (χ3n) is 4.77. The van der Waals surface area contributed by atoms with E-state index in [0.717, 1.165) is 10.0 Å². The standard InChI is InChI=1S/C23H24BrNO4/c1-15(2)29-14-6-13-25-20(16-7-4-3-5-8-16)19(22(27)23(25)28)21(26)17-9-11-18(24)12-10-17/h3-5,7-12,15,20,26H,6,13-14H2,1-2H3/t20-/m0/s1. The Morgan fingerprint density at radius 3 is 2.38 bits per heavy atom. The van der Waals surface area contributed by atoms with Crippen LogP contribution in [0.2, 0.25) is 0 Å². The van der Waals surface area contributed by atoms with Gasteiger partial charge in [0.1, 0.15) is 5.76 Å². The summed E-state index contributed by atoms with van der Waals surface area (Å²) in [7, 11) is 0. The van der Waals surface area contributed by atoms with Gasteiger partial charge in [0.15, 0.2) is 0 Å². The molecule has 0 aliphatic carbocycles. The van der Waals surface area contributed by atoms with E-state index in [4.69, 9.17) is 4.74 Å². The Morgan fingerprint density at radius 1 is 1.10 bits per heavy atom.